The minimum atomic E-state index is -0.272. The normalized spacial score (nSPS) is 20.6. The number of nitrogens with zero attached hydrogens (tertiary/aromatic N) is 3. The van der Waals surface area contributed by atoms with Crippen LogP contribution < -0.4 is 0 Å². The molecule has 36 heavy (non-hydrogen) atoms. The summed E-state index contributed by atoms with van der Waals surface area (Å²) >= 11 is 6.40. The van der Waals surface area contributed by atoms with Crippen LogP contribution >= 0.6 is 11.6 Å². The van der Waals surface area contributed by atoms with E-state index in [4.69, 9.17) is 16.3 Å². The first kappa shape index (κ1) is 26.8. The molecule has 1 atom stereocenters. The van der Waals surface area contributed by atoms with Crippen LogP contribution in [0, 0.1) is 18.3 Å². The van der Waals surface area contributed by atoms with Gasteiger partial charge in [0.1, 0.15) is 5.78 Å². The molecule has 1 aromatic carbocycles. The van der Waals surface area contributed by atoms with Crippen molar-refractivity contribution >= 4 is 23.4 Å². The molecule has 0 amide bonds. The zero-order chi connectivity index (χ0) is 26.0. The Kier molecular flexibility index (Phi) is 8.23. The molecule has 0 bridgehead atoms. The van der Waals surface area contributed by atoms with Crippen molar-refractivity contribution in [1.29, 1.82) is 0 Å². The van der Waals surface area contributed by atoms with E-state index in [1.807, 2.05) is 29.8 Å². The number of esters is 1. The number of rotatable bonds is 11. The Bertz CT molecular complexity index is 1090. The van der Waals surface area contributed by atoms with E-state index in [-0.39, 0.29) is 30.6 Å². The van der Waals surface area contributed by atoms with Crippen molar-refractivity contribution in [2.75, 3.05) is 7.11 Å². The second-order valence-corrected chi connectivity index (χ2v) is 12.6. The Morgan fingerprint density at radius 2 is 1.92 bits per heavy atom. The fourth-order valence-corrected chi connectivity index (χ4v) is 5.96. The molecule has 2 aliphatic rings. The molecule has 1 heterocycles. The van der Waals surface area contributed by atoms with Gasteiger partial charge in [-0.15, -0.1) is 5.10 Å². The largest absolute Gasteiger partial charge is 0.469 e. The maximum atomic E-state index is 13.2. The Balaban J connectivity index is 1.52. The molecule has 0 radical (unpaired) electrons. The van der Waals surface area contributed by atoms with Gasteiger partial charge in [-0.2, -0.15) is 0 Å². The monoisotopic (exact) mass is 513 g/mol. The smallest absolute Gasteiger partial charge is 0.305 e. The molecule has 0 unspecified atom stereocenters. The number of aromatic nitrogens is 3. The minimum absolute atomic E-state index is 0.0864. The van der Waals surface area contributed by atoms with Crippen LogP contribution in [0.4, 0.5) is 0 Å². The summed E-state index contributed by atoms with van der Waals surface area (Å²) in [6, 6.07) is 5.57. The summed E-state index contributed by atoms with van der Waals surface area (Å²) in [6.07, 6.45) is 7.13. The lowest BCUT2D eigenvalue weighted by molar-refractivity contribution is -0.141. The van der Waals surface area contributed by atoms with Crippen molar-refractivity contribution in [2.45, 2.75) is 103 Å². The van der Waals surface area contributed by atoms with E-state index < -0.39 is 0 Å². The fraction of sp³-hybridized carbons (Fsp3) is 0.655. The quantitative estimate of drug-likeness (QED) is 0.311. The molecule has 2 aliphatic carbocycles. The van der Waals surface area contributed by atoms with Crippen LogP contribution in [0.5, 0.6) is 0 Å². The topological polar surface area (TPSA) is 74.1 Å². The maximum Gasteiger partial charge on any atom is 0.305 e. The summed E-state index contributed by atoms with van der Waals surface area (Å²) in [7, 11) is 1.40. The van der Waals surface area contributed by atoms with Gasteiger partial charge in [0.05, 0.1) is 24.5 Å². The molecular weight excluding hydrogens is 474 g/mol. The van der Waals surface area contributed by atoms with Crippen LogP contribution in [0.1, 0.15) is 113 Å². The molecule has 2 fully saturated rings. The standard InChI is InChI=1S/C29H40ClN3O3/c1-18-6-7-21(25(30)12-18)15-24(34)16-23(10-11-26(35)36-5)33-28(20-8-9-20)27(31-32-33)22-13-19(14-22)17-29(2,3)4/h6-7,12,19-20,22-23H,8-11,13-17H2,1-5H3/t19?,22?,23-/m0/s1. The third-order valence-corrected chi connectivity index (χ3v) is 7.91. The molecule has 1 aromatic heterocycles. The second-order valence-electron chi connectivity index (χ2n) is 12.2. The zero-order valence-corrected chi connectivity index (χ0v) is 23.1. The van der Waals surface area contributed by atoms with E-state index in [0.29, 0.717) is 35.1 Å². The molecule has 0 spiro atoms. The van der Waals surface area contributed by atoms with E-state index in [9.17, 15) is 9.59 Å². The first-order chi connectivity index (χ1) is 17.0. The first-order valence-corrected chi connectivity index (χ1v) is 13.7. The highest BCUT2D eigenvalue weighted by Crippen LogP contribution is 2.51. The number of ketones is 1. The first-order valence-electron chi connectivity index (χ1n) is 13.3. The van der Waals surface area contributed by atoms with Gasteiger partial charge < -0.3 is 4.74 Å². The second kappa shape index (κ2) is 11.0. The number of ether oxygens (including phenoxy) is 1. The molecule has 0 N–H and O–H groups in total. The minimum Gasteiger partial charge on any atom is -0.469 e. The van der Waals surface area contributed by atoms with Crippen molar-refractivity contribution in [3.63, 3.8) is 0 Å². The maximum absolute atomic E-state index is 13.2. The van der Waals surface area contributed by atoms with Gasteiger partial charge >= 0.3 is 5.97 Å². The highest BCUT2D eigenvalue weighted by molar-refractivity contribution is 6.31. The summed E-state index contributed by atoms with van der Waals surface area (Å²) in [5.41, 5.74) is 4.56. The Hall–Kier alpha value is -2.21. The summed E-state index contributed by atoms with van der Waals surface area (Å²) in [5.74, 6) is 1.46. The molecule has 0 aliphatic heterocycles. The number of carbonyl (C=O) groups is 2. The van der Waals surface area contributed by atoms with Gasteiger partial charge in [0.15, 0.2) is 0 Å². The number of carbonyl (C=O) groups excluding carboxylic acids is 2. The number of halogens is 1. The zero-order valence-electron chi connectivity index (χ0n) is 22.3. The van der Waals surface area contributed by atoms with E-state index in [1.165, 1.54) is 19.2 Å². The van der Waals surface area contributed by atoms with E-state index in [0.717, 1.165) is 48.4 Å². The van der Waals surface area contributed by atoms with Gasteiger partial charge in [-0.25, -0.2) is 4.68 Å². The summed E-state index contributed by atoms with van der Waals surface area (Å²) in [5, 5.41) is 9.90. The van der Waals surface area contributed by atoms with Crippen LogP contribution in [0.25, 0.3) is 0 Å². The van der Waals surface area contributed by atoms with Crippen LogP contribution in [-0.4, -0.2) is 33.9 Å². The van der Waals surface area contributed by atoms with E-state index >= 15 is 0 Å². The van der Waals surface area contributed by atoms with Crippen LogP contribution in [0.15, 0.2) is 18.2 Å². The molecule has 4 rings (SSSR count). The summed E-state index contributed by atoms with van der Waals surface area (Å²) < 4.78 is 6.88. The van der Waals surface area contributed by atoms with Gasteiger partial charge in [-0.1, -0.05) is 49.7 Å². The summed E-state index contributed by atoms with van der Waals surface area (Å²) in [4.78, 5) is 25.2. The Morgan fingerprint density at radius 1 is 1.19 bits per heavy atom. The number of hydrogen-bond acceptors (Lipinski definition) is 5. The lowest BCUT2D eigenvalue weighted by atomic mass is 9.67. The van der Waals surface area contributed by atoms with E-state index in [2.05, 4.69) is 31.1 Å². The SMILES string of the molecule is COC(=O)CC[C@@H](CC(=O)Cc1ccc(C)cc1Cl)n1nnc(C2CC(CC(C)(C)C)C2)c1C1CC1. The van der Waals surface area contributed by atoms with Crippen LogP contribution in [0.2, 0.25) is 5.02 Å². The molecule has 0 saturated heterocycles. The lowest BCUT2D eigenvalue weighted by Crippen LogP contribution is -2.27. The molecule has 6 nitrogen and oxygen atoms in total. The van der Waals surface area contributed by atoms with Crippen LogP contribution in [0.3, 0.4) is 0 Å². The molecule has 196 valence electrons. The average molecular weight is 514 g/mol. The molecule has 2 saturated carbocycles. The molecule has 2 aromatic rings. The lowest BCUT2D eigenvalue weighted by Gasteiger charge is -2.38. The molecular formula is C29H40ClN3O3. The number of benzene rings is 1. The van der Waals surface area contributed by atoms with Crippen molar-refractivity contribution in [1.82, 2.24) is 15.0 Å². The summed E-state index contributed by atoms with van der Waals surface area (Å²) in [6.45, 7) is 8.90. The predicted molar refractivity (Wildman–Crippen MR) is 141 cm³/mol. The van der Waals surface area contributed by atoms with Crippen molar-refractivity contribution in [2.24, 2.45) is 11.3 Å². The van der Waals surface area contributed by atoms with Gasteiger partial charge in [0.25, 0.3) is 0 Å². The Morgan fingerprint density at radius 3 is 2.53 bits per heavy atom. The van der Waals surface area contributed by atoms with Crippen molar-refractivity contribution in [3.8, 4) is 0 Å². The van der Waals surface area contributed by atoms with Crippen molar-refractivity contribution in [3.05, 3.63) is 45.7 Å². The van der Waals surface area contributed by atoms with Gasteiger partial charge in [0, 0.05) is 36.1 Å². The van der Waals surface area contributed by atoms with Crippen molar-refractivity contribution < 1.29 is 14.3 Å². The predicted octanol–water partition coefficient (Wildman–Crippen LogP) is 6.74. The number of methoxy groups -OCH3 is 1. The van der Waals surface area contributed by atoms with Crippen LogP contribution in [-0.2, 0) is 20.7 Å². The highest BCUT2D eigenvalue weighted by Gasteiger charge is 2.41. The molecule has 7 heteroatoms. The number of hydrogen-bond donors (Lipinski definition) is 0. The average Bonchev–Trinajstić information content (AvgIpc) is 3.53. The highest BCUT2D eigenvalue weighted by atomic mass is 35.5. The van der Waals surface area contributed by atoms with Gasteiger partial charge in [-0.3, -0.25) is 9.59 Å². The van der Waals surface area contributed by atoms with Gasteiger partial charge in [-0.05, 0) is 74.0 Å². The fourth-order valence-electron chi connectivity index (χ4n) is 5.66. The third-order valence-electron chi connectivity index (χ3n) is 7.56. The van der Waals surface area contributed by atoms with Gasteiger partial charge in [0.2, 0.25) is 0 Å². The Labute approximate surface area is 220 Å². The number of Topliss-reactive ketones (excluding diaryl/α,β-unsaturated/α-hetero) is 1. The third kappa shape index (κ3) is 6.76. The number of aryl methyl sites for hydroxylation is 1. The van der Waals surface area contributed by atoms with E-state index in [1.54, 1.807) is 0 Å².